The first-order valence-corrected chi connectivity index (χ1v) is 9.21. The molecule has 0 saturated heterocycles. The van der Waals surface area contributed by atoms with Crippen LogP contribution in [-0.2, 0) is 28.5 Å². The fourth-order valence-electron chi connectivity index (χ4n) is 3.03. The van der Waals surface area contributed by atoms with E-state index in [1.165, 1.54) is 19.2 Å². The maximum Gasteiger partial charge on any atom is 0.416 e. The number of esters is 1. The number of carbonyl (C=O) groups excluding carboxylic acids is 1. The number of aryl methyl sites for hydroxylation is 1. The number of aliphatic hydroxyl groups is 1. The highest BCUT2D eigenvalue weighted by atomic mass is 19.4. The molecule has 0 aliphatic carbocycles. The number of hydrogen-bond acceptors (Lipinski definition) is 3. The van der Waals surface area contributed by atoms with E-state index in [9.17, 15) is 18.0 Å². The fraction of sp³-hybridized carbons (Fsp3) is 0.409. The lowest BCUT2D eigenvalue weighted by atomic mass is 9.92. The minimum Gasteiger partial charge on any atom is -0.469 e. The van der Waals surface area contributed by atoms with Gasteiger partial charge in [0.25, 0.3) is 0 Å². The summed E-state index contributed by atoms with van der Waals surface area (Å²) in [5.41, 5.74) is 2.53. The van der Waals surface area contributed by atoms with E-state index >= 15 is 0 Å². The predicted molar refractivity (Wildman–Crippen MR) is 102 cm³/mol. The quantitative estimate of drug-likeness (QED) is 0.638. The SMILES string of the molecule is COC(=O)Cc1ccc(CCCC(C)CO)c(-c2ccc(C(F)(F)F)cc2)c1. The minimum atomic E-state index is -4.38. The molecule has 3 nitrogen and oxygen atoms in total. The molecule has 0 saturated carbocycles. The first kappa shape index (κ1) is 22.0. The average Bonchev–Trinajstić information content (AvgIpc) is 2.68. The van der Waals surface area contributed by atoms with Gasteiger partial charge in [-0.25, -0.2) is 0 Å². The topological polar surface area (TPSA) is 46.5 Å². The molecule has 0 amide bonds. The van der Waals surface area contributed by atoms with Crippen LogP contribution in [0.25, 0.3) is 11.1 Å². The smallest absolute Gasteiger partial charge is 0.416 e. The number of aliphatic hydroxyl groups excluding tert-OH is 1. The van der Waals surface area contributed by atoms with Gasteiger partial charge in [0.15, 0.2) is 0 Å². The molecule has 0 aromatic heterocycles. The Kier molecular flexibility index (Phi) is 7.63. The summed E-state index contributed by atoms with van der Waals surface area (Å²) in [6, 6.07) is 10.6. The van der Waals surface area contributed by atoms with Crippen LogP contribution >= 0.6 is 0 Å². The van der Waals surface area contributed by atoms with Crippen LogP contribution in [0.3, 0.4) is 0 Å². The molecule has 0 fully saturated rings. The van der Waals surface area contributed by atoms with Gasteiger partial charge in [0.1, 0.15) is 0 Å². The number of methoxy groups -OCH3 is 1. The normalized spacial score (nSPS) is 12.6. The highest BCUT2D eigenvalue weighted by Crippen LogP contribution is 2.33. The molecule has 0 bridgehead atoms. The number of ether oxygens (including phenoxy) is 1. The van der Waals surface area contributed by atoms with E-state index in [4.69, 9.17) is 9.84 Å². The third-order valence-corrected chi connectivity index (χ3v) is 4.73. The van der Waals surface area contributed by atoms with Gasteiger partial charge < -0.3 is 9.84 Å². The van der Waals surface area contributed by atoms with Crippen molar-refractivity contribution < 1.29 is 27.8 Å². The second-order valence-corrected chi connectivity index (χ2v) is 7.00. The summed E-state index contributed by atoms with van der Waals surface area (Å²) in [5, 5.41) is 9.16. The number of hydrogen-bond donors (Lipinski definition) is 1. The number of alkyl halides is 3. The largest absolute Gasteiger partial charge is 0.469 e. The molecular weight excluding hydrogens is 369 g/mol. The molecule has 152 valence electrons. The Morgan fingerprint density at radius 2 is 1.82 bits per heavy atom. The number of carbonyl (C=O) groups is 1. The van der Waals surface area contributed by atoms with E-state index in [1.54, 1.807) is 0 Å². The Bertz CT molecular complexity index is 783. The molecule has 1 unspecified atom stereocenters. The molecule has 0 aliphatic rings. The van der Waals surface area contributed by atoms with Crippen molar-refractivity contribution in [3.63, 3.8) is 0 Å². The van der Waals surface area contributed by atoms with Gasteiger partial charge in [-0.15, -0.1) is 0 Å². The lowest BCUT2D eigenvalue weighted by Gasteiger charge is -2.14. The Labute approximate surface area is 163 Å². The summed E-state index contributed by atoms with van der Waals surface area (Å²) in [5.74, 6) is -0.170. The van der Waals surface area contributed by atoms with Gasteiger partial charge in [-0.3, -0.25) is 4.79 Å². The van der Waals surface area contributed by atoms with E-state index in [0.29, 0.717) is 5.56 Å². The third-order valence-electron chi connectivity index (χ3n) is 4.73. The van der Waals surface area contributed by atoms with Crippen molar-refractivity contribution in [2.24, 2.45) is 5.92 Å². The van der Waals surface area contributed by atoms with Gasteiger partial charge in [-0.2, -0.15) is 13.2 Å². The zero-order valence-corrected chi connectivity index (χ0v) is 16.1. The molecular formula is C22H25F3O3. The number of rotatable bonds is 8. The summed E-state index contributed by atoms with van der Waals surface area (Å²) in [7, 11) is 1.32. The maximum absolute atomic E-state index is 12.9. The molecule has 0 heterocycles. The van der Waals surface area contributed by atoms with Crippen molar-refractivity contribution in [1.29, 1.82) is 0 Å². The molecule has 0 radical (unpaired) electrons. The van der Waals surface area contributed by atoms with Crippen molar-refractivity contribution in [2.45, 2.75) is 38.8 Å². The van der Waals surface area contributed by atoms with E-state index in [-0.39, 0.29) is 24.9 Å². The van der Waals surface area contributed by atoms with Crippen LogP contribution in [0.4, 0.5) is 13.2 Å². The Balaban J connectivity index is 2.33. The molecule has 1 atom stereocenters. The summed E-state index contributed by atoms with van der Waals surface area (Å²) < 4.78 is 43.3. The van der Waals surface area contributed by atoms with Gasteiger partial charge in [-0.05, 0) is 59.6 Å². The van der Waals surface area contributed by atoms with Crippen LogP contribution < -0.4 is 0 Å². The lowest BCUT2D eigenvalue weighted by molar-refractivity contribution is -0.140. The van der Waals surface area contributed by atoms with Crippen molar-refractivity contribution >= 4 is 5.97 Å². The van der Waals surface area contributed by atoms with E-state index < -0.39 is 11.7 Å². The van der Waals surface area contributed by atoms with Crippen LogP contribution in [0.15, 0.2) is 42.5 Å². The Morgan fingerprint density at radius 3 is 2.39 bits per heavy atom. The number of halogens is 3. The van der Waals surface area contributed by atoms with Gasteiger partial charge in [-0.1, -0.05) is 37.3 Å². The van der Waals surface area contributed by atoms with Crippen LogP contribution in [0.2, 0.25) is 0 Å². The molecule has 2 aromatic rings. The predicted octanol–water partition coefficient (Wildman–Crippen LogP) is 5.04. The molecule has 1 N–H and O–H groups in total. The summed E-state index contributed by atoms with van der Waals surface area (Å²) in [6.07, 6.45) is -1.84. The second-order valence-electron chi connectivity index (χ2n) is 7.00. The van der Waals surface area contributed by atoms with E-state index in [1.807, 2.05) is 25.1 Å². The van der Waals surface area contributed by atoms with Crippen molar-refractivity contribution in [1.82, 2.24) is 0 Å². The van der Waals surface area contributed by atoms with E-state index in [0.717, 1.165) is 48.1 Å². The van der Waals surface area contributed by atoms with Crippen LogP contribution in [-0.4, -0.2) is 24.8 Å². The lowest BCUT2D eigenvalue weighted by Crippen LogP contribution is -2.06. The van der Waals surface area contributed by atoms with E-state index in [2.05, 4.69) is 0 Å². The second kappa shape index (κ2) is 9.73. The molecule has 2 rings (SSSR count). The average molecular weight is 394 g/mol. The van der Waals surface area contributed by atoms with Gasteiger partial charge in [0.2, 0.25) is 0 Å². The standard InChI is InChI=1S/C22H25F3O3/c1-15(14-26)4-3-5-17-7-6-16(13-21(27)28-2)12-20(17)18-8-10-19(11-9-18)22(23,24)25/h6-12,15,26H,3-5,13-14H2,1-2H3. The highest BCUT2D eigenvalue weighted by Gasteiger charge is 2.30. The highest BCUT2D eigenvalue weighted by molar-refractivity contribution is 5.75. The minimum absolute atomic E-state index is 0.103. The first-order valence-electron chi connectivity index (χ1n) is 9.21. The summed E-state index contributed by atoms with van der Waals surface area (Å²) >= 11 is 0. The fourth-order valence-corrected chi connectivity index (χ4v) is 3.03. The van der Waals surface area contributed by atoms with Gasteiger partial charge in [0.05, 0.1) is 19.1 Å². The van der Waals surface area contributed by atoms with Crippen molar-refractivity contribution in [2.75, 3.05) is 13.7 Å². The molecule has 0 spiro atoms. The number of benzene rings is 2. The zero-order chi connectivity index (χ0) is 20.7. The van der Waals surface area contributed by atoms with Crippen molar-refractivity contribution in [3.05, 3.63) is 59.2 Å². The molecule has 28 heavy (non-hydrogen) atoms. The first-order chi connectivity index (χ1) is 13.2. The van der Waals surface area contributed by atoms with Crippen LogP contribution in [0.5, 0.6) is 0 Å². The molecule has 6 heteroatoms. The van der Waals surface area contributed by atoms with Crippen LogP contribution in [0, 0.1) is 5.92 Å². The van der Waals surface area contributed by atoms with Crippen LogP contribution in [0.1, 0.15) is 36.5 Å². The third kappa shape index (κ3) is 6.09. The monoisotopic (exact) mass is 394 g/mol. The molecule has 0 aliphatic heterocycles. The Hall–Kier alpha value is -2.34. The Morgan fingerprint density at radius 1 is 1.14 bits per heavy atom. The molecule has 2 aromatic carbocycles. The van der Waals surface area contributed by atoms with Gasteiger partial charge in [0, 0.05) is 6.61 Å². The summed E-state index contributed by atoms with van der Waals surface area (Å²) in [4.78, 5) is 11.6. The maximum atomic E-state index is 12.9. The zero-order valence-electron chi connectivity index (χ0n) is 16.1. The van der Waals surface area contributed by atoms with Gasteiger partial charge >= 0.3 is 12.1 Å². The van der Waals surface area contributed by atoms with Crippen molar-refractivity contribution in [3.8, 4) is 11.1 Å². The summed E-state index contributed by atoms with van der Waals surface area (Å²) in [6.45, 7) is 2.10.